The molecule has 0 spiro atoms. The van der Waals surface area contributed by atoms with Gasteiger partial charge < -0.3 is 20.1 Å². The van der Waals surface area contributed by atoms with Crippen LogP contribution in [0, 0.1) is 6.92 Å². The first kappa shape index (κ1) is 25.8. The fourth-order valence-corrected chi connectivity index (χ4v) is 3.94. The van der Waals surface area contributed by atoms with Crippen molar-refractivity contribution in [1.82, 2.24) is 5.32 Å². The van der Waals surface area contributed by atoms with Gasteiger partial charge in [-0.05, 0) is 49.1 Å². The summed E-state index contributed by atoms with van der Waals surface area (Å²) in [6.07, 6.45) is -0.573. The van der Waals surface area contributed by atoms with Gasteiger partial charge in [0.25, 0.3) is 0 Å². The van der Waals surface area contributed by atoms with E-state index < -0.39 is 17.6 Å². The van der Waals surface area contributed by atoms with Crippen molar-refractivity contribution in [3.63, 3.8) is 0 Å². The largest absolute Gasteiger partial charge is 0.481 e. The summed E-state index contributed by atoms with van der Waals surface area (Å²) in [7, 11) is 0. The normalized spacial score (nSPS) is 12.6. The Labute approximate surface area is 199 Å². The maximum Gasteiger partial charge on any atom is 0.407 e. The number of alkyl carbamates (subject to hydrolysis) is 1. The van der Waals surface area contributed by atoms with Crippen molar-refractivity contribution in [2.24, 2.45) is 0 Å². The Kier molecular flexibility index (Phi) is 10.1. The molecule has 6 nitrogen and oxygen atoms in total. The number of nitrogens with one attached hydrogen (secondary N) is 1. The Morgan fingerprint density at radius 3 is 2.34 bits per heavy atom. The number of hydrogen-bond acceptors (Lipinski definition) is 4. The van der Waals surface area contributed by atoms with Gasteiger partial charge in [0.15, 0.2) is 0 Å². The van der Waals surface area contributed by atoms with E-state index >= 15 is 0 Å². The summed E-state index contributed by atoms with van der Waals surface area (Å²) < 4.78 is 5.32. The highest BCUT2D eigenvalue weighted by Gasteiger charge is 2.31. The lowest BCUT2D eigenvalue weighted by Crippen LogP contribution is -2.49. The number of anilines is 1. The van der Waals surface area contributed by atoms with Crippen LogP contribution in [0.15, 0.2) is 48.5 Å². The van der Waals surface area contributed by atoms with Gasteiger partial charge in [-0.1, -0.05) is 36.4 Å². The molecule has 2 aromatic rings. The van der Waals surface area contributed by atoms with Crippen LogP contribution in [0.25, 0.3) is 0 Å². The zero-order valence-electron chi connectivity index (χ0n) is 18.4. The number of alkyl halides is 2. The number of rotatable bonds is 12. The molecule has 0 aromatic heterocycles. The van der Waals surface area contributed by atoms with Crippen LogP contribution < -0.4 is 10.2 Å². The van der Waals surface area contributed by atoms with Crippen LogP contribution in [0.2, 0.25) is 0 Å². The van der Waals surface area contributed by atoms with Gasteiger partial charge >= 0.3 is 12.1 Å². The van der Waals surface area contributed by atoms with Gasteiger partial charge in [0, 0.05) is 30.5 Å². The fourth-order valence-electron chi connectivity index (χ4n) is 3.53. The third-order valence-corrected chi connectivity index (χ3v) is 5.48. The molecule has 0 aliphatic rings. The van der Waals surface area contributed by atoms with E-state index in [9.17, 15) is 14.7 Å². The molecule has 0 unspecified atom stereocenters. The number of amides is 1. The van der Waals surface area contributed by atoms with Gasteiger partial charge in [0.2, 0.25) is 0 Å². The Morgan fingerprint density at radius 2 is 1.75 bits per heavy atom. The average Bonchev–Trinajstić information content (AvgIpc) is 2.74. The van der Waals surface area contributed by atoms with Crippen LogP contribution in [-0.4, -0.2) is 47.6 Å². The smallest absolute Gasteiger partial charge is 0.407 e. The number of halogens is 2. The van der Waals surface area contributed by atoms with Crippen molar-refractivity contribution >= 4 is 41.0 Å². The van der Waals surface area contributed by atoms with Crippen LogP contribution in [0.4, 0.5) is 10.5 Å². The number of hydrogen-bond donors (Lipinski definition) is 2. The van der Waals surface area contributed by atoms with Crippen LogP contribution >= 0.6 is 23.2 Å². The van der Waals surface area contributed by atoms with Crippen molar-refractivity contribution in [3.05, 3.63) is 65.2 Å². The number of nitrogens with zero attached hydrogens (tertiary/aromatic N) is 1. The second-order valence-electron chi connectivity index (χ2n) is 7.97. The highest BCUT2D eigenvalue weighted by Crippen LogP contribution is 2.25. The van der Waals surface area contributed by atoms with Crippen LogP contribution in [-0.2, 0) is 22.6 Å². The molecule has 0 aliphatic carbocycles. The molecule has 32 heavy (non-hydrogen) atoms. The molecule has 2 aromatic carbocycles. The number of ether oxygens (including phenoxy) is 1. The molecule has 0 bridgehead atoms. The molecule has 0 saturated heterocycles. The van der Waals surface area contributed by atoms with Gasteiger partial charge in [-0.3, -0.25) is 4.79 Å². The van der Waals surface area contributed by atoms with Gasteiger partial charge in [0.1, 0.15) is 6.61 Å². The molecular formula is C24H30Cl2N2O4. The van der Waals surface area contributed by atoms with Crippen LogP contribution in [0.5, 0.6) is 0 Å². The van der Waals surface area contributed by atoms with Gasteiger partial charge in [-0.2, -0.15) is 0 Å². The van der Waals surface area contributed by atoms with E-state index in [4.69, 9.17) is 27.9 Å². The van der Waals surface area contributed by atoms with E-state index in [1.165, 1.54) is 0 Å². The van der Waals surface area contributed by atoms with Crippen LogP contribution in [0.1, 0.15) is 30.0 Å². The maximum absolute atomic E-state index is 12.5. The molecule has 2 N–H and O–H groups in total. The highest BCUT2D eigenvalue weighted by molar-refractivity contribution is 6.18. The third-order valence-electron chi connectivity index (χ3n) is 5.15. The van der Waals surface area contributed by atoms with E-state index in [1.54, 1.807) is 6.92 Å². The number of carboxylic acid groups (broad SMARTS) is 1. The Hall–Kier alpha value is -2.44. The molecule has 1 atom stereocenters. The lowest BCUT2D eigenvalue weighted by molar-refractivity contribution is -0.138. The fraction of sp³-hybridized carbons (Fsp3) is 0.417. The van der Waals surface area contributed by atoms with E-state index in [1.807, 2.05) is 55.5 Å². The molecule has 8 heteroatoms. The molecule has 2 rings (SSSR count). The molecule has 0 aliphatic heterocycles. The molecule has 0 fully saturated rings. The minimum absolute atomic E-state index is 0.107. The summed E-state index contributed by atoms with van der Waals surface area (Å²) >= 11 is 11.9. The quantitative estimate of drug-likeness (QED) is 0.418. The van der Waals surface area contributed by atoms with Crippen LogP contribution in [0.3, 0.4) is 0 Å². The molecule has 0 heterocycles. The number of carbonyl (C=O) groups excluding carboxylic acids is 1. The van der Waals surface area contributed by atoms with Crippen molar-refractivity contribution < 1.29 is 19.4 Å². The van der Waals surface area contributed by atoms with Crippen molar-refractivity contribution in [1.29, 1.82) is 0 Å². The van der Waals surface area contributed by atoms with Gasteiger partial charge in [0.05, 0.1) is 12.0 Å². The lowest BCUT2D eigenvalue weighted by atomic mass is 9.87. The standard InChI is InChI=1S/C24H30Cl2N2O4/c1-18-8-9-21(28(12-10-25)13-11-26)14-20(18)15-24(2,16-22(29)30)27-23(31)32-17-19-6-4-3-5-7-19/h3-9,14H,10-13,15-17H2,1-2H3,(H,27,31)(H,29,30)/t24-/m0/s1. The second kappa shape index (κ2) is 12.6. The molecule has 174 valence electrons. The number of aryl methyl sites for hydroxylation is 1. The van der Waals surface area contributed by atoms with Crippen molar-refractivity contribution in [2.45, 2.75) is 38.8 Å². The van der Waals surface area contributed by atoms with Gasteiger partial charge in [-0.15, -0.1) is 23.2 Å². The van der Waals surface area contributed by atoms with Gasteiger partial charge in [-0.25, -0.2) is 4.79 Å². The average molecular weight is 481 g/mol. The van der Waals surface area contributed by atoms with E-state index in [-0.39, 0.29) is 13.0 Å². The highest BCUT2D eigenvalue weighted by atomic mass is 35.5. The first-order chi connectivity index (χ1) is 15.3. The minimum atomic E-state index is -1.03. The predicted octanol–water partition coefficient (Wildman–Crippen LogP) is 4.98. The minimum Gasteiger partial charge on any atom is -0.481 e. The third kappa shape index (κ3) is 8.24. The lowest BCUT2D eigenvalue weighted by Gasteiger charge is -2.31. The number of aliphatic carboxylic acids is 1. The number of carboxylic acids is 1. The summed E-state index contributed by atoms with van der Waals surface area (Å²) in [6.45, 7) is 5.07. The number of carbonyl (C=O) groups is 2. The van der Waals surface area contributed by atoms with E-state index in [0.717, 1.165) is 22.4 Å². The molecule has 0 saturated carbocycles. The molecular weight excluding hydrogens is 451 g/mol. The molecule has 1 amide bonds. The van der Waals surface area contributed by atoms with E-state index in [0.29, 0.717) is 31.3 Å². The Balaban J connectivity index is 2.18. The summed E-state index contributed by atoms with van der Waals surface area (Å²) in [4.78, 5) is 26.1. The second-order valence-corrected chi connectivity index (χ2v) is 8.73. The topological polar surface area (TPSA) is 78.9 Å². The maximum atomic E-state index is 12.5. The SMILES string of the molecule is Cc1ccc(N(CCCl)CCCl)cc1C[C@@](C)(CC(=O)O)NC(=O)OCc1ccccc1. The predicted molar refractivity (Wildman–Crippen MR) is 129 cm³/mol. The first-order valence-corrected chi connectivity index (χ1v) is 11.5. The van der Waals surface area contributed by atoms with E-state index in [2.05, 4.69) is 10.2 Å². The summed E-state index contributed by atoms with van der Waals surface area (Å²) in [6, 6.07) is 15.3. The Morgan fingerprint density at radius 1 is 1.09 bits per heavy atom. The summed E-state index contributed by atoms with van der Waals surface area (Å²) in [5, 5.41) is 12.2. The Bertz CT molecular complexity index is 889. The number of benzene rings is 2. The monoisotopic (exact) mass is 480 g/mol. The zero-order valence-corrected chi connectivity index (χ0v) is 20.0. The van der Waals surface area contributed by atoms with Crippen molar-refractivity contribution in [2.75, 3.05) is 29.7 Å². The zero-order chi connectivity index (χ0) is 23.6. The summed E-state index contributed by atoms with van der Waals surface area (Å²) in [5.41, 5.74) is 2.71. The summed E-state index contributed by atoms with van der Waals surface area (Å²) in [5.74, 6) is -0.0762. The first-order valence-electron chi connectivity index (χ1n) is 10.4. The molecule has 0 radical (unpaired) electrons. The van der Waals surface area contributed by atoms with Crippen molar-refractivity contribution in [3.8, 4) is 0 Å².